The average Bonchev–Trinajstić information content (AvgIpc) is 2.35. The summed E-state index contributed by atoms with van der Waals surface area (Å²) in [6, 6.07) is 6.22. The van der Waals surface area contributed by atoms with E-state index < -0.39 is 0 Å². The van der Waals surface area contributed by atoms with Crippen LogP contribution in [0.5, 0.6) is 5.75 Å². The zero-order valence-electron chi connectivity index (χ0n) is 11.5. The van der Waals surface area contributed by atoms with Gasteiger partial charge in [-0.25, -0.2) is 0 Å². The van der Waals surface area contributed by atoms with Gasteiger partial charge in [0.25, 0.3) is 0 Å². The lowest BCUT2D eigenvalue weighted by molar-refractivity contribution is 0.0773. The molecular weight excluding hydrogens is 230 g/mol. The van der Waals surface area contributed by atoms with E-state index in [-0.39, 0.29) is 6.61 Å². The molecule has 0 aliphatic heterocycles. The van der Waals surface area contributed by atoms with Crippen molar-refractivity contribution < 1.29 is 14.6 Å². The predicted octanol–water partition coefficient (Wildman–Crippen LogP) is 1.44. The van der Waals surface area contributed by atoms with Gasteiger partial charge in [0.15, 0.2) is 0 Å². The number of aliphatic hydroxyl groups is 1. The van der Waals surface area contributed by atoms with Gasteiger partial charge in [0.05, 0.1) is 26.9 Å². The standard InChI is InChI=1S/C14H23NO3/c1-12-10-13(4-5-14(12)17-3)11-15(2)6-8-18-9-7-16/h4-5,10,16H,6-9,11H2,1-3H3. The smallest absolute Gasteiger partial charge is 0.121 e. The van der Waals surface area contributed by atoms with Crippen molar-refractivity contribution in [2.45, 2.75) is 13.5 Å². The van der Waals surface area contributed by atoms with Crippen LogP contribution in [0.4, 0.5) is 0 Å². The number of hydrogen-bond acceptors (Lipinski definition) is 4. The topological polar surface area (TPSA) is 41.9 Å². The first kappa shape index (κ1) is 15.0. The van der Waals surface area contributed by atoms with Crippen LogP contribution in [0.25, 0.3) is 0 Å². The Labute approximate surface area is 109 Å². The molecule has 0 fully saturated rings. The third-order valence-electron chi connectivity index (χ3n) is 2.76. The Morgan fingerprint density at radius 1 is 1.28 bits per heavy atom. The van der Waals surface area contributed by atoms with Crippen molar-refractivity contribution in [2.75, 3.05) is 40.5 Å². The minimum absolute atomic E-state index is 0.0847. The Bertz CT molecular complexity index is 355. The van der Waals surface area contributed by atoms with Crippen molar-refractivity contribution in [2.24, 2.45) is 0 Å². The first-order chi connectivity index (χ1) is 8.67. The zero-order valence-corrected chi connectivity index (χ0v) is 11.5. The Morgan fingerprint density at radius 2 is 2.06 bits per heavy atom. The molecule has 1 aromatic carbocycles. The minimum atomic E-state index is 0.0847. The molecule has 1 aromatic rings. The summed E-state index contributed by atoms with van der Waals surface area (Å²) >= 11 is 0. The van der Waals surface area contributed by atoms with Crippen molar-refractivity contribution in [3.63, 3.8) is 0 Å². The molecule has 0 bridgehead atoms. The molecule has 0 heterocycles. The molecule has 1 N–H and O–H groups in total. The van der Waals surface area contributed by atoms with Crippen LogP contribution in [0.15, 0.2) is 18.2 Å². The van der Waals surface area contributed by atoms with Crippen molar-refractivity contribution >= 4 is 0 Å². The van der Waals surface area contributed by atoms with E-state index in [1.807, 2.05) is 13.0 Å². The summed E-state index contributed by atoms with van der Waals surface area (Å²) in [4.78, 5) is 2.19. The van der Waals surface area contributed by atoms with Crippen LogP contribution >= 0.6 is 0 Å². The van der Waals surface area contributed by atoms with Gasteiger partial charge >= 0.3 is 0 Å². The molecule has 0 spiro atoms. The number of rotatable bonds is 8. The van der Waals surface area contributed by atoms with Crippen LogP contribution in [0.3, 0.4) is 0 Å². The van der Waals surface area contributed by atoms with Gasteiger partial charge in [-0.05, 0) is 31.2 Å². The van der Waals surface area contributed by atoms with E-state index in [1.165, 1.54) is 5.56 Å². The zero-order chi connectivity index (χ0) is 13.4. The second-order valence-corrected chi connectivity index (χ2v) is 4.38. The van der Waals surface area contributed by atoms with E-state index in [2.05, 4.69) is 24.1 Å². The van der Waals surface area contributed by atoms with E-state index in [4.69, 9.17) is 14.6 Å². The fourth-order valence-corrected chi connectivity index (χ4v) is 1.82. The fraction of sp³-hybridized carbons (Fsp3) is 0.571. The Hall–Kier alpha value is -1.10. The van der Waals surface area contributed by atoms with Crippen LogP contribution in [0.2, 0.25) is 0 Å². The van der Waals surface area contributed by atoms with Crippen molar-refractivity contribution in [1.29, 1.82) is 0 Å². The second kappa shape index (κ2) is 8.08. The molecular formula is C14H23NO3. The van der Waals surface area contributed by atoms with Crippen LogP contribution in [-0.4, -0.2) is 50.5 Å². The summed E-state index contributed by atoms with van der Waals surface area (Å²) in [5.41, 5.74) is 2.41. The summed E-state index contributed by atoms with van der Waals surface area (Å²) in [7, 11) is 3.74. The molecule has 0 aliphatic carbocycles. The molecule has 4 nitrogen and oxygen atoms in total. The highest BCUT2D eigenvalue weighted by molar-refractivity contribution is 5.36. The third kappa shape index (κ3) is 5.04. The Morgan fingerprint density at radius 3 is 2.67 bits per heavy atom. The van der Waals surface area contributed by atoms with Gasteiger partial charge in [0, 0.05) is 13.1 Å². The summed E-state index contributed by atoms with van der Waals surface area (Å²) < 4.78 is 10.5. The van der Waals surface area contributed by atoms with Gasteiger partial charge in [-0.15, -0.1) is 0 Å². The average molecular weight is 253 g/mol. The van der Waals surface area contributed by atoms with Crippen LogP contribution < -0.4 is 4.74 Å². The van der Waals surface area contributed by atoms with Gasteiger partial charge in [0.2, 0.25) is 0 Å². The second-order valence-electron chi connectivity index (χ2n) is 4.38. The summed E-state index contributed by atoms with van der Waals surface area (Å²) in [5.74, 6) is 0.924. The van der Waals surface area contributed by atoms with Crippen LogP contribution in [0, 0.1) is 6.92 Å². The highest BCUT2D eigenvalue weighted by atomic mass is 16.5. The quantitative estimate of drug-likeness (QED) is 0.712. The molecule has 0 atom stereocenters. The number of aryl methyl sites for hydroxylation is 1. The molecule has 0 saturated carbocycles. The molecule has 0 aliphatic rings. The molecule has 0 unspecified atom stereocenters. The first-order valence-corrected chi connectivity index (χ1v) is 6.18. The molecule has 18 heavy (non-hydrogen) atoms. The molecule has 0 aromatic heterocycles. The highest BCUT2D eigenvalue weighted by Gasteiger charge is 2.03. The normalized spacial score (nSPS) is 10.9. The van der Waals surface area contributed by atoms with Crippen molar-refractivity contribution in [3.8, 4) is 5.75 Å². The number of likely N-dealkylation sites (N-methyl/N-ethyl adjacent to an activating group) is 1. The molecule has 0 radical (unpaired) electrons. The minimum Gasteiger partial charge on any atom is -0.496 e. The molecule has 0 saturated heterocycles. The van der Waals surface area contributed by atoms with Gasteiger partial charge in [0.1, 0.15) is 5.75 Å². The van der Waals surface area contributed by atoms with E-state index in [1.54, 1.807) is 7.11 Å². The lowest BCUT2D eigenvalue weighted by Crippen LogP contribution is -2.23. The van der Waals surface area contributed by atoms with Gasteiger partial charge in [-0.3, -0.25) is 4.90 Å². The first-order valence-electron chi connectivity index (χ1n) is 6.18. The lowest BCUT2D eigenvalue weighted by atomic mass is 10.1. The van der Waals surface area contributed by atoms with Gasteiger partial charge < -0.3 is 14.6 Å². The van der Waals surface area contributed by atoms with Crippen molar-refractivity contribution in [3.05, 3.63) is 29.3 Å². The third-order valence-corrected chi connectivity index (χ3v) is 2.76. The predicted molar refractivity (Wildman–Crippen MR) is 72.0 cm³/mol. The summed E-state index contributed by atoms with van der Waals surface area (Å²) in [6.45, 7) is 4.92. The number of methoxy groups -OCH3 is 1. The fourth-order valence-electron chi connectivity index (χ4n) is 1.82. The molecule has 4 heteroatoms. The molecule has 1 rings (SSSR count). The van der Waals surface area contributed by atoms with Gasteiger partial charge in [-0.1, -0.05) is 12.1 Å². The summed E-state index contributed by atoms with van der Waals surface area (Å²) in [5, 5.41) is 8.60. The van der Waals surface area contributed by atoms with Gasteiger partial charge in [-0.2, -0.15) is 0 Å². The Balaban J connectivity index is 2.39. The maximum absolute atomic E-state index is 8.60. The van der Waals surface area contributed by atoms with E-state index in [9.17, 15) is 0 Å². The highest BCUT2D eigenvalue weighted by Crippen LogP contribution is 2.19. The Kier molecular flexibility index (Phi) is 6.72. The van der Waals surface area contributed by atoms with Crippen molar-refractivity contribution in [1.82, 2.24) is 4.90 Å². The van der Waals surface area contributed by atoms with Crippen LogP contribution in [-0.2, 0) is 11.3 Å². The maximum Gasteiger partial charge on any atom is 0.121 e. The van der Waals surface area contributed by atoms with E-state index >= 15 is 0 Å². The van der Waals surface area contributed by atoms with E-state index in [0.717, 1.165) is 24.4 Å². The lowest BCUT2D eigenvalue weighted by Gasteiger charge is -2.17. The number of benzene rings is 1. The summed E-state index contributed by atoms with van der Waals surface area (Å²) in [6.07, 6.45) is 0. The van der Waals surface area contributed by atoms with Crippen LogP contribution in [0.1, 0.15) is 11.1 Å². The maximum atomic E-state index is 8.60. The number of hydrogen-bond donors (Lipinski definition) is 1. The number of ether oxygens (including phenoxy) is 2. The molecule has 0 amide bonds. The molecule has 102 valence electrons. The monoisotopic (exact) mass is 253 g/mol. The largest absolute Gasteiger partial charge is 0.496 e. The SMILES string of the molecule is COc1ccc(CN(C)CCOCCO)cc1C. The van der Waals surface area contributed by atoms with E-state index in [0.29, 0.717) is 13.2 Å². The number of nitrogens with zero attached hydrogens (tertiary/aromatic N) is 1. The number of aliphatic hydroxyl groups excluding tert-OH is 1.